The summed E-state index contributed by atoms with van der Waals surface area (Å²) in [5.74, 6) is 2.69. The van der Waals surface area contributed by atoms with Crippen molar-refractivity contribution >= 4 is 22.7 Å². The number of esters is 1. The van der Waals surface area contributed by atoms with Crippen LogP contribution in [0.5, 0.6) is 0 Å². The summed E-state index contributed by atoms with van der Waals surface area (Å²) in [5, 5.41) is 0. The van der Waals surface area contributed by atoms with Crippen molar-refractivity contribution in [3.8, 4) is 0 Å². The molecule has 212 valence electrons. The molecule has 9 atom stereocenters. The highest BCUT2D eigenvalue weighted by atomic mass is 16.5. The SMILES string of the molecule is CC(=O)O[C@H]1[C@@H](n2cnc3ccccc32)C[C@H]2[C@@H]3CC[C@H]4C[C@@H](N(C)c5ccccc5)CC[C@]4(C)[C@H]3CC[C@@]21C. The molecule has 1 aromatic heterocycles. The third-order valence-electron chi connectivity index (χ3n) is 12.4. The Morgan fingerprint density at radius 2 is 1.68 bits per heavy atom. The molecule has 0 N–H and O–H groups in total. The minimum atomic E-state index is -0.153. The van der Waals surface area contributed by atoms with Crippen molar-refractivity contribution < 1.29 is 9.53 Å². The maximum absolute atomic E-state index is 12.5. The minimum absolute atomic E-state index is 0.0107. The highest BCUT2D eigenvalue weighted by Crippen LogP contribution is 2.68. The number of imidazole rings is 1. The molecule has 0 unspecified atom stereocenters. The second-order valence-corrected chi connectivity index (χ2v) is 14.0. The molecule has 1 heterocycles. The van der Waals surface area contributed by atoms with Crippen LogP contribution in [0.1, 0.15) is 78.2 Å². The summed E-state index contributed by atoms with van der Waals surface area (Å²) in [6.07, 6.45) is 12.0. The number of carbonyl (C=O) groups is 1. The average Bonchev–Trinajstić information content (AvgIpc) is 3.51. The van der Waals surface area contributed by atoms with Gasteiger partial charge in [0.2, 0.25) is 0 Å². The van der Waals surface area contributed by atoms with E-state index in [2.05, 4.69) is 85.0 Å². The van der Waals surface area contributed by atoms with Gasteiger partial charge >= 0.3 is 5.97 Å². The molecule has 0 aliphatic heterocycles. The van der Waals surface area contributed by atoms with E-state index in [1.165, 1.54) is 44.2 Å². The van der Waals surface area contributed by atoms with Crippen molar-refractivity contribution in [2.24, 2.45) is 34.5 Å². The molecule has 4 aliphatic carbocycles. The zero-order valence-corrected chi connectivity index (χ0v) is 24.6. The van der Waals surface area contributed by atoms with Gasteiger partial charge in [0.25, 0.3) is 0 Å². The summed E-state index contributed by atoms with van der Waals surface area (Å²) in [4.78, 5) is 19.7. The van der Waals surface area contributed by atoms with Crippen molar-refractivity contribution in [3.05, 3.63) is 60.9 Å². The molecular weight excluding hydrogens is 494 g/mol. The number of carbonyl (C=O) groups excluding carboxylic acids is 1. The van der Waals surface area contributed by atoms with Crippen LogP contribution in [0, 0.1) is 34.5 Å². The van der Waals surface area contributed by atoms with Crippen LogP contribution in [0.15, 0.2) is 60.9 Å². The lowest BCUT2D eigenvalue weighted by molar-refractivity contribution is -0.163. The fourth-order valence-corrected chi connectivity index (χ4v) is 10.3. The molecule has 5 heteroatoms. The van der Waals surface area contributed by atoms with Gasteiger partial charge in [-0.1, -0.05) is 44.2 Å². The van der Waals surface area contributed by atoms with Crippen molar-refractivity contribution in [1.82, 2.24) is 9.55 Å². The van der Waals surface area contributed by atoms with E-state index >= 15 is 0 Å². The van der Waals surface area contributed by atoms with Gasteiger partial charge in [0.15, 0.2) is 0 Å². The number of hydrogen-bond donors (Lipinski definition) is 0. The van der Waals surface area contributed by atoms with Crippen LogP contribution in [0.4, 0.5) is 5.69 Å². The number of benzene rings is 2. The second kappa shape index (κ2) is 9.63. The van der Waals surface area contributed by atoms with E-state index in [4.69, 9.17) is 9.72 Å². The van der Waals surface area contributed by atoms with E-state index < -0.39 is 0 Å². The second-order valence-electron chi connectivity index (χ2n) is 14.0. The minimum Gasteiger partial charge on any atom is -0.460 e. The first-order valence-corrected chi connectivity index (χ1v) is 15.7. The van der Waals surface area contributed by atoms with Crippen molar-refractivity contribution in [1.29, 1.82) is 0 Å². The maximum Gasteiger partial charge on any atom is 0.302 e. The van der Waals surface area contributed by atoms with Gasteiger partial charge < -0.3 is 14.2 Å². The summed E-state index contributed by atoms with van der Waals surface area (Å²) >= 11 is 0. The fraction of sp³-hybridized carbons (Fsp3) is 0.600. The molecular formula is C35H45N3O2. The number of ether oxygens (including phenoxy) is 1. The zero-order chi connectivity index (χ0) is 27.6. The standard InChI is InChI=1S/C35H45N3O2/c1-23(39)40-33-32(38-22-36-30-12-8-9-13-31(30)38)21-29-27-15-14-24-20-26(37(4)25-10-6-5-7-11-25)16-18-34(24,2)28(27)17-19-35(29,33)3/h5-13,22,24,26-29,32-33H,14-21H2,1-4H3/t24-,26-,27+,28-,29-,32-,33-,34-,35-/m0/s1. The Morgan fingerprint density at radius 1 is 0.925 bits per heavy atom. The van der Waals surface area contributed by atoms with Crippen LogP contribution in [0.2, 0.25) is 0 Å². The van der Waals surface area contributed by atoms with E-state index in [1.54, 1.807) is 6.92 Å². The molecule has 0 radical (unpaired) electrons. The number of aromatic nitrogens is 2. The molecule has 0 saturated heterocycles. The third kappa shape index (κ3) is 3.94. The Hall–Kier alpha value is -2.82. The highest BCUT2D eigenvalue weighted by molar-refractivity contribution is 5.75. The number of fused-ring (bicyclic) bond motifs is 6. The lowest BCUT2D eigenvalue weighted by atomic mass is 9.45. The van der Waals surface area contributed by atoms with Crippen LogP contribution in [-0.4, -0.2) is 34.7 Å². The van der Waals surface area contributed by atoms with Crippen LogP contribution >= 0.6 is 0 Å². The number of para-hydroxylation sites is 3. The average molecular weight is 540 g/mol. The van der Waals surface area contributed by atoms with Crippen molar-refractivity contribution in [3.63, 3.8) is 0 Å². The van der Waals surface area contributed by atoms with Crippen molar-refractivity contribution in [2.45, 2.75) is 90.3 Å². The summed E-state index contributed by atoms with van der Waals surface area (Å²) in [7, 11) is 2.30. The Morgan fingerprint density at radius 3 is 2.48 bits per heavy atom. The van der Waals surface area contributed by atoms with E-state index in [1.807, 2.05) is 6.33 Å². The molecule has 0 amide bonds. The summed E-state index contributed by atoms with van der Waals surface area (Å²) in [5.41, 5.74) is 3.94. The first-order valence-electron chi connectivity index (χ1n) is 15.7. The first kappa shape index (κ1) is 26.1. The van der Waals surface area contributed by atoms with E-state index in [0.717, 1.165) is 35.7 Å². The van der Waals surface area contributed by atoms with Gasteiger partial charge in [0.05, 0.1) is 23.4 Å². The highest BCUT2D eigenvalue weighted by Gasteiger charge is 2.64. The summed E-state index contributed by atoms with van der Waals surface area (Å²) in [6.45, 7) is 6.68. The summed E-state index contributed by atoms with van der Waals surface area (Å²) < 4.78 is 8.60. The number of hydrogen-bond acceptors (Lipinski definition) is 4. The lowest BCUT2D eigenvalue weighted by Gasteiger charge is -2.61. The summed E-state index contributed by atoms with van der Waals surface area (Å²) in [6, 6.07) is 20.1. The molecule has 40 heavy (non-hydrogen) atoms. The topological polar surface area (TPSA) is 47.4 Å². The predicted octanol–water partition coefficient (Wildman–Crippen LogP) is 7.67. The van der Waals surface area contributed by atoms with Crippen LogP contribution in [0.25, 0.3) is 11.0 Å². The Balaban J connectivity index is 1.16. The van der Waals surface area contributed by atoms with Crippen LogP contribution in [0.3, 0.4) is 0 Å². The molecule has 0 spiro atoms. The smallest absolute Gasteiger partial charge is 0.302 e. The van der Waals surface area contributed by atoms with E-state index in [-0.39, 0.29) is 23.5 Å². The van der Waals surface area contributed by atoms with E-state index in [0.29, 0.717) is 23.3 Å². The predicted molar refractivity (Wildman–Crippen MR) is 160 cm³/mol. The van der Waals surface area contributed by atoms with Gasteiger partial charge in [-0.05, 0) is 105 Å². The molecule has 4 aliphatic rings. The van der Waals surface area contributed by atoms with E-state index in [9.17, 15) is 4.79 Å². The zero-order valence-electron chi connectivity index (χ0n) is 24.6. The largest absolute Gasteiger partial charge is 0.460 e. The van der Waals surface area contributed by atoms with Crippen LogP contribution < -0.4 is 4.90 Å². The van der Waals surface area contributed by atoms with Gasteiger partial charge in [-0.3, -0.25) is 4.79 Å². The molecule has 2 aromatic carbocycles. The molecule has 5 nitrogen and oxygen atoms in total. The molecule has 0 bridgehead atoms. The van der Waals surface area contributed by atoms with Crippen LogP contribution in [-0.2, 0) is 9.53 Å². The quantitative estimate of drug-likeness (QED) is 0.319. The third-order valence-corrected chi connectivity index (χ3v) is 12.4. The van der Waals surface area contributed by atoms with Crippen molar-refractivity contribution in [2.75, 3.05) is 11.9 Å². The normalized spacial score (nSPS) is 38.8. The molecule has 7 rings (SSSR count). The molecule has 4 saturated carbocycles. The van der Waals surface area contributed by atoms with Gasteiger partial charge in [0, 0.05) is 31.1 Å². The molecule has 4 fully saturated rings. The lowest BCUT2D eigenvalue weighted by Crippen LogP contribution is -2.56. The number of anilines is 1. The Labute approximate surface area is 239 Å². The Bertz CT molecular complexity index is 1390. The number of rotatable bonds is 4. The monoisotopic (exact) mass is 539 g/mol. The first-order chi connectivity index (χ1) is 19.3. The number of nitrogens with zero attached hydrogens (tertiary/aromatic N) is 3. The Kier molecular flexibility index (Phi) is 6.29. The molecule has 3 aromatic rings. The van der Waals surface area contributed by atoms with Gasteiger partial charge in [-0.25, -0.2) is 4.98 Å². The van der Waals surface area contributed by atoms with Gasteiger partial charge in [-0.2, -0.15) is 0 Å². The van der Waals surface area contributed by atoms with Gasteiger partial charge in [0.1, 0.15) is 6.10 Å². The van der Waals surface area contributed by atoms with Gasteiger partial charge in [-0.15, -0.1) is 0 Å². The maximum atomic E-state index is 12.5. The fourth-order valence-electron chi connectivity index (χ4n) is 10.3.